The molecular weight excluding hydrogens is 166 g/mol. The third-order valence-electron chi connectivity index (χ3n) is 2.10. The van der Waals surface area contributed by atoms with Gasteiger partial charge in [0.25, 0.3) is 0 Å². The summed E-state index contributed by atoms with van der Waals surface area (Å²) in [6.45, 7) is 1.64. The van der Waals surface area contributed by atoms with Crippen molar-refractivity contribution in [3.05, 3.63) is 35.9 Å². The van der Waals surface area contributed by atoms with Crippen LogP contribution in [-0.2, 0) is 4.74 Å². The van der Waals surface area contributed by atoms with Crippen LogP contribution in [0.15, 0.2) is 30.3 Å². The Labute approximate surface area is 78.1 Å². The van der Waals surface area contributed by atoms with E-state index in [2.05, 4.69) is 0 Å². The predicted octanol–water partition coefficient (Wildman–Crippen LogP) is 1.04. The average molecular weight is 181 g/mol. The summed E-state index contributed by atoms with van der Waals surface area (Å²) in [4.78, 5) is 0. The van der Waals surface area contributed by atoms with E-state index < -0.39 is 11.8 Å². The topological polar surface area (TPSA) is 55.5 Å². The second-order valence-corrected chi connectivity index (χ2v) is 3.20. The molecule has 0 amide bonds. The summed E-state index contributed by atoms with van der Waals surface area (Å²) in [6, 6.07) is 9.22. The van der Waals surface area contributed by atoms with Crippen molar-refractivity contribution in [2.24, 2.45) is 5.73 Å². The maximum atomic E-state index is 9.80. The van der Waals surface area contributed by atoms with E-state index in [1.54, 1.807) is 6.92 Å². The second kappa shape index (κ2) is 3.87. The SMILES string of the molecule is COC(C)(N)C(O)c1ccccc1. The molecule has 1 aromatic rings. The van der Waals surface area contributed by atoms with E-state index in [4.69, 9.17) is 10.5 Å². The van der Waals surface area contributed by atoms with E-state index in [1.165, 1.54) is 7.11 Å². The zero-order valence-corrected chi connectivity index (χ0v) is 7.90. The highest BCUT2D eigenvalue weighted by atomic mass is 16.5. The molecule has 1 aromatic carbocycles. The molecule has 72 valence electrons. The molecule has 0 radical (unpaired) electrons. The fraction of sp³-hybridized carbons (Fsp3) is 0.400. The molecule has 3 N–H and O–H groups in total. The number of methoxy groups -OCH3 is 1. The summed E-state index contributed by atoms with van der Waals surface area (Å²) in [5.41, 5.74) is 5.44. The predicted molar refractivity (Wildman–Crippen MR) is 51.0 cm³/mol. The first-order valence-electron chi connectivity index (χ1n) is 4.15. The minimum Gasteiger partial charge on any atom is -0.384 e. The van der Waals surface area contributed by atoms with Crippen molar-refractivity contribution < 1.29 is 9.84 Å². The van der Waals surface area contributed by atoms with Crippen molar-refractivity contribution in [3.63, 3.8) is 0 Å². The lowest BCUT2D eigenvalue weighted by Crippen LogP contribution is -2.44. The third-order valence-corrected chi connectivity index (χ3v) is 2.10. The van der Waals surface area contributed by atoms with E-state index in [0.717, 1.165) is 5.56 Å². The first-order valence-corrected chi connectivity index (χ1v) is 4.15. The van der Waals surface area contributed by atoms with Crippen molar-refractivity contribution in [2.75, 3.05) is 7.11 Å². The summed E-state index contributed by atoms with van der Waals surface area (Å²) >= 11 is 0. The van der Waals surface area contributed by atoms with Crippen LogP contribution in [0.2, 0.25) is 0 Å². The quantitative estimate of drug-likeness (QED) is 0.685. The first kappa shape index (κ1) is 10.2. The molecule has 0 aliphatic heterocycles. The average Bonchev–Trinajstić information content (AvgIpc) is 2.18. The number of aliphatic hydroxyl groups excluding tert-OH is 1. The molecule has 3 nitrogen and oxygen atoms in total. The monoisotopic (exact) mass is 181 g/mol. The molecule has 0 aliphatic carbocycles. The number of hydrogen-bond acceptors (Lipinski definition) is 3. The Bertz CT molecular complexity index is 259. The highest BCUT2D eigenvalue weighted by Gasteiger charge is 2.29. The number of ether oxygens (including phenoxy) is 1. The van der Waals surface area contributed by atoms with E-state index in [9.17, 15) is 5.11 Å². The van der Waals surface area contributed by atoms with Gasteiger partial charge in [0, 0.05) is 7.11 Å². The smallest absolute Gasteiger partial charge is 0.143 e. The van der Waals surface area contributed by atoms with Crippen LogP contribution in [0, 0.1) is 0 Å². The molecule has 0 aliphatic rings. The van der Waals surface area contributed by atoms with E-state index in [1.807, 2.05) is 30.3 Å². The Balaban J connectivity index is 2.85. The highest BCUT2D eigenvalue weighted by Crippen LogP contribution is 2.23. The molecule has 1 rings (SSSR count). The van der Waals surface area contributed by atoms with Gasteiger partial charge in [0.05, 0.1) is 0 Å². The second-order valence-electron chi connectivity index (χ2n) is 3.20. The maximum absolute atomic E-state index is 9.80. The summed E-state index contributed by atoms with van der Waals surface area (Å²) < 4.78 is 4.98. The first-order chi connectivity index (χ1) is 6.08. The van der Waals surface area contributed by atoms with Crippen LogP contribution < -0.4 is 5.73 Å². The molecule has 3 heteroatoms. The van der Waals surface area contributed by atoms with Gasteiger partial charge in [-0.05, 0) is 12.5 Å². The lowest BCUT2D eigenvalue weighted by Gasteiger charge is -2.28. The molecule has 0 aromatic heterocycles. The van der Waals surface area contributed by atoms with Crippen LogP contribution in [0.4, 0.5) is 0 Å². The van der Waals surface area contributed by atoms with Crippen LogP contribution in [-0.4, -0.2) is 17.9 Å². The molecular formula is C10H15NO2. The van der Waals surface area contributed by atoms with Gasteiger partial charge in [0.1, 0.15) is 11.8 Å². The zero-order chi connectivity index (χ0) is 9.90. The van der Waals surface area contributed by atoms with Crippen molar-refractivity contribution in [1.82, 2.24) is 0 Å². The molecule has 2 unspecified atom stereocenters. The van der Waals surface area contributed by atoms with E-state index in [-0.39, 0.29) is 0 Å². The number of hydrogen-bond donors (Lipinski definition) is 2. The summed E-state index contributed by atoms with van der Waals surface area (Å²) in [7, 11) is 1.48. The Hall–Kier alpha value is -0.900. The molecule has 2 atom stereocenters. The summed E-state index contributed by atoms with van der Waals surface area (Å²) in [5.74, 6) is 0. The minimum absolute atomic E-state index is 0.759. The van der Waals surface area contributed by atoms with Crippen molar-refractivity contribution in [1.29, 1.82) is 0 Å². The lowest BCUT2D eigenvalue weighted by atomic mass is 10.0. The Morgan fingerprint density at radius 2 is 1.92 bits per heavy atom. The summed E-state index contributed by atoms with van der Waals surface area (Å²) in [5, 5.41) is 9.80. The van der Waals surface area contributed by atoms with Gasteiger partial charge in [0.15, 0.2) is 0 Å². The van der Waals surface area contributed by atoms with E-state index >= 15 is 0 Å². The van der Waals surface area contributed by atoms with Crippen LogP contribution in [0.25, 0.3) is 0 Å². The Kier molecular flexibility index (Phi) is 3.03. The number of benzene rings is 1. The van der Waals surface area contributed by atoms with Gasteiger partial charge < -0.3 is 15.6 Å². The van der Waals surface area contributed by atoms with Gasteiger partial charge >= 0.3 is 0 Å². The fourth-order valence-corrected chi connectivity index (χ4v) is 1.08. The van der Waals surface area contributed by atoms with Gasteiger partial charge in [-0.3, -0.25) is 0 Å². The molecule has 0 spiro atoms. The number of rotatable bonds is 3. The van der Waals surface area contributed by atoms with Crippen molar-refractivity contribution >= 4 is 0 Å². The molecule has 0 saturated carbocycles. The molecule has 0 fully saturated rings. The van der Waals surface area contributed by atoms with Crippen LogP contribution in [0.5, 0.6) is 0 Å². The maximum Gasteiger partial charge on any atom is 0.143 e. The zero-order valence-electron chi connectivity index (χ0n) is 7.90. The van der Waals surface area contributed by atoms with Crippen LogP contribution in [0.3, 0.4) is 0 Å². The third kappa shape index (κ3) is 2.28. The molecule has 0 heterocycles. The molecule has 0 saturated heterocycles. The van der Waals surface area contributed by atoms with E-state index in [0.29, 0.717) is 0 Å². The number of nitrogens with two attached hydrogens (primary N) is 1. The van der Waals surface area contributed by atoms with Crippen LogP contribution >= 0.6 is 0 Å². The van der Waals surface area contributed by atoms with Crippen LogP contribution in [0.1, 0.15) is 18.6 Å². The summed E-state index contributed by atoms with van der Waals surface area (Å²) in [6.07, 6.45) is -0.807. The molecule has 13 heavy (non-hydrogen) atoms. The largest absolute Gasteiger partial charge is 0.384 e. The van der Waals surface area contributed by atoms with Gasteiger partial charge in [-0.15, -0.1) is 0 Å². The number of aliphatic hydroxyl groups is 1. The fourth-order valence-electron chi connectivity index (χ4n) is 1.08. The standard InChI is InChI=1S/C10H15NO2/c1-10(11,13-2)9(12)8-6-4-3-5-7-8/h3-7,9,12H,11H2,1-2H3. The highest BCUT2D eigenvalue weighted by molar-refractivity contribution is 5.19. The van der Waals surface area contributed by atoms with Gasteiger partial charge in [-0.2, -0.15) is 0 Å². The Morgan fingerprint density at radius 1 is 1.38 bits per heavy atom. The minimum atomic E-state index is -1.04. The lowest BCUT2D eigenvalue weighted by molar-refractivity contribution is -0.0881. The Morgan fingerprint density at radius 3 is 2.38 bits per heavy atom. The van der Waals surface area contributed by atoms with Crippen molar-refractivity contribution in [2.45, 2.75) is 18.8 Å². The van der Waals surface area contributed by atoms with Crippen molar-refractivity contribution in [3.8, 4) is 0 Å². The van der Waals surface area contributed by atoms with Gasteiger partial charge in [0.2, 0.25) is 0 Å². The molecule has 0 bridgehead atoms. The van der Waals surface area contributed by atoms with Gasteiger partial charge in [-0.1, -0.05) is 30.3 Å². The van der Waals surface area contributed by atoms with Gasteiger partial charge in [-0.25, -0.2) is 0 Å². The normalized spacial score (nSPS) is 17.8.